The van der Waals surface area contributed by atoms with E-state index in [-0.39, 0.29) is 0 Å². The van der Waals surface area contributed by atoms with Gasteiger partial charge in [0.1, 0.15) is 0 Å². The minimum absolute atomic E-state index is 0.595. The Kier molecular flexibility index (Phi) is 7.05. The molecule has 0 bridgehead atoms. The van der Waals surface area contributed by atoms with E-state index in [0.29, 0.717) is 6.04 Å². The van der Waals surface area contributed by atoms with Crippen molar-refractivity contribution in [3.63, 3.8) is 0 Å². The van der Waals surface area contributed by atoms with E-state index in [0.717, 1.165) is 12.5 Å². The van der Waals surface area contributed by atoms with Crippen LogP contribution in [0, 0.1) is 5.92 Å². The van der Waals surface area contributed by atoms with Crippen LogP contribution in [0.4, 0.5) is 0 Å². The van der Waals surface area contributed by atoms with Crippen LogP contribution in [0.25, 0.3) is 0 Å². The average molecular weight is 295 g/mol. The van der Waals surface area contributed by atoms with Gasteiger partial charge in [0.25, 0.3) is 0 Å². The van der Waals surface area contributed by atoms with Crippen molar-refractivity contribution in [1.82, 2.24) is 10.2 Å². The molecule has 1 unspecified atom stereocenters. The van der Waals surface area contributed by atoms with E-state index in [2.05, 4.69) is 41.6 Å². The zero-order chi connectivity index (χ0) is 14.2. The van der Waals surface area contributed by atoms with Crippen molar-refractivity contribution < 1.29 is 0 Å². The smallest absolute Gasteiger partial charge is 0.0443 e. The van der Waals surface area contributed by atoms with Crippen molar-refractivity contribution in [1.29, 1.82) is 0 Å². The van der Waals surface area contributed by atoms with E-state index in [9.17, 15) is 0 Å². The molecule has 1 aliphatic rings. The second-order valence-corrected chi connectivity index (χ2v) is 6.91. The van der Waals surface area contributed by atoms with Crippen LogP contribution in [-0.4, -0.2) is 31.1 Å². The summed E-state index contributed by atoms with van der Waals surface area (Å²) in [6, 6.07) is 5.10. The van der Waals surface area contributed by atoms with Crippen molar-refractivity contribution in [2.75, 3.05) is 26.2 Å². The van der Waals surface area contributed by atoms with Crippen molar-refractivity contribution in [3.8, 4) is 0 Å². The molecule has 0 radical (unpaired) electrons. The maximum Gasteiger partial charge on any atom is 0.0443 e. The van der Waals surface area contributed by atoms with Gasteiger partial charge in [-0.3, -0.25) is 0 Å². The van der Waals surface area contributed by atoms with Crippen molar-refractivity contribution in [2.45, 2.75) is 52.0 Å². The van der Waals surface area contributed by atoms with Gasteiger partial charge in [-0.1, -0.05) is 32.8 Å². The van der Waals surface area contributed by atoms with Gasteiger partial charge >= 0.3 is 0 Å². The van der Waals surface area contributed by atoms with Gasteiger partial charge in [0.2, 0.25) is 0 Å². The van der Waals surface area contributed by atoms with Gasteiger partial charge in [0.15, 0.2) is 0 Å². The van der Waals surface area contributed by atoms with Gasteiger partial charge in [-0.15, -0.1) is 11.3 Å². The van der Waals surface area contributed by atoms with Crippen LogP contribution in [0.2, 0.25) is 0 Å². The lowest BCUT2D eigenvalue weighted by Gasteiger charge is -2.26. The number of hydrogen-bond donors (Lipinski definition) is 1. The Bertz CT molecular complexity index is 344. The van der Waals surface area contributed by atoms with E-state index in [1.54, 1.807) is 0 Å². The molecule has 1 aliphatic carbocycles. The van der Waals surface area contributed by atoms with Crippen molar-refractivity contribution in [3.05, 3.63) is 22.4 Å². The molecule has 1 fully saturated rings. The summed E-state index contributed by atoms with van der Waals surface area (Å²) in [4.78, 5) is 4.09. The van der Waals surface area contributed by atoms with E-state index >= 15 is 0 Å². The fourth-order valence-corrected chi connectivity index (χ4v) is 4.27. The molecule has 0 spiro atoms. The largest absolute Gasteiger partial charge is 0.308 e. The molecule has 0 saturated heterocycles. The highest BCUT2D eigenvalue weighted by Gasteiger charge is 2.26. The Morgan fingerprint density at radius 3 is 2.70 bits per heavy atom. The van der Waals surface area contributed by atoms with E-state index in [1.165, 1.54) is 56.6 Å². The molecule has 0 amide bonds. The van der Waals surface area contributed by atoms with Crippen LogP contribution in [0.5, 0.6) is 0 Å². The number of thiophene rings is 1. The summed E-state index contributed by atoms with van der Waals surface area (Å²) < 4.78 is 0. The third-order valence-corrected chi connectivity index (χ3v) is 5.46. The Morgan fingerprint density at radius 1 is 1.30 bits per heavy atom. The van der Waals surface area contributed by atoms with Gasteiger partial charge in [-0.05, 0) is 49.7 Å². The van der Waals surface area contributed by atoms with Gasteiger partial charge in [-0.2, -0.15) is 0 Å². The highest BCUT2D eigenvalue weighted by molar-refractivity contribution is 7.10. The normalized spacial score (nSPS) is 17.9. The summed E-state index contributed by atoms with van der Waals surface area (Å²) in [5.41, 5.74) is 0. The summed E-state index contributed by atoms with van der Waals surface area (Å²) in [5, 5.41) is 6.07. The minimum Gasteiger partial charge on any atom is -0.308 e. The lowest BCUT2D eigenvalue weighted by molar-refractivity contribution is 0.271. The molecule has 1 aromatic heterocycles. The summed E-state index contributed by atoms with van der Waals surface area (Å²) in [6.45, 7) is 9.23. The van der Waals surface area contributed by atoms with Crippen LogP contribution in [0.15, 0.2) is 17.5 Å². The molecule has 1 heterocycles. The third-order valence-electron chi connectivity index (χ3n) is 4.50. The number of nitrogens with zero attached hydrogens (tertiary/aromatic N) is 1. The second-order valence-electron chi connectivity index (χ2n) is 5.93. The first-order valence-corrected chi connectivity index (χ1v) is 9.22. The molecule has 3 heteroatoms. The number of likely N-dealkylation sites (N-methyl/N-ethyl adjacent to an activating group) is 1. The summed E-state index contributed by atoms with van der Waals surface area (Å²) in [5.74, 6) is 0.856. The first kappa shape index (κ1) is 16.0. The Morgan fingerprint density at radius 2 is 2.10 bits per heavy atom. The lowest BCUT2D eigenvalue weighted by Crippen LogP contribution is -2.36. The molecule has 1 N–H and O–H groups in total. The van der Waals surface area contributed by atoms with Crippen LogP contribution < -0.4 is 5.32 Å². The molecule has 1 atom stereocenters. The fourth-order valence-electron chi connectivity index (χ4n) is 3.38. The second kappa shape index (κ2) is 8.81. The first-order valence-electron chi connectivity index (χ1n) is 8.34. The molecule has 1 saturated carbocycles. The van der Waals surface area contributed by atoms with Crippen LogP contribution >= 0.6 is 11.3 Å². The van der Waals surface area contributed by atoms with Crippen molar-refractivity contribution in [2.24, 2.45) is 5.92 Å². The van der Waals surface area contributed by atoms with Gasteiger partial charge < -0.3 is 10.2 Å². The van der Waals surface area contributed by atoms with Gasteiger partial charge in [0, 0.05) is 24.0 Å². The molecular weight excluding hydrogens is 264 g/mol. The maximum absolute atomic E-state index is 3.86. The number of hydrogen-bond acceptors (Lipinski definition) is 3. The monoisotopic (exact) mass is 294 g/mol. The minimum atomic E-state index is 0.595. The molecular formula is C17H30N2S. The highest BCUT2D eigenvalue weighted by Crippen LogP contribution is 2.37. The fraction of sp³-hybridized carbons (Fsp3) is 0.765. The van der Waals surface area contributed by atoms with E-state index in [1.807, 2.05) is 11.3 Å². The predicted octanol–water partition coefficient (Wildman–Crippen LogP) is 4.30. The maximum atomic E-state index is 3.86. The van der Waals surface area contributed by atoms with E-state index < -0.39 is 0 Å². The zero-order valence-corrected chi connectivity index (χ0v) is 13.9. The predicted molar refractivity (Wildman–Crippen MR) is 89.4 cm³/mol. The standard InChI is InChI=1S/C17H30N2S/c1-3-12-19(4-2)13-11-18-17(15-8-5-6-9-15)16-10-7-14-20-16/h7,10,14-15,17-18H,3-6,8-9,11-13H2,1-2H3. The summed E-state index contributed by atoms with van der Waals surface area (Å²) in [7, 11) is 0. The van der Waals surface area contributed by atoms with E-state index in [4.69, 9.17) is 0 Å². The Labute approximate surface area is 128 Å². The van der Waals surface area contributed by atoms with Crippen molar-refractivity contribution >= 4 is 11.3 Å². The quantitative estimate of drug-likeness (QED) is 0.730. The number of nitrogens with one attached hydrogen (secondary N) is 1. The van der Waals surface area contributed by atoms with Gasteiger partial charge in [0.05, 0.1) is 0 Å². The number of rotatable bonds is 9. The molecule has 1 aromatic rings. The average Bonchev–Trinajstić information content (AvgIpc) is 3.15. The zero-order valence-electron chi connectivity index (χ0n) is 13.1. The lowest BCUT2D eigenvalue weighted by atomic mass is 9.97. The van der Waals surface area contributed by atoms with Gasteiger partial charge in [-0.25, -0.2) is 0 Å². The highest BCUT2D eigenvalue weighted by atomic mass is 32.1. The first-order chi connectivity index (χ1) is 9.85. The topological polar surface area (TPSA) is 15.3 Å². The SMILES string of the molecule is CCCN(CC)CCNC(c1cccs1)C1CCCC1. The Hall–Kier alpha value is -0.380. The third kappa shape index (κ3) is 4.57. The van der Waals surface area contributed by atoms with Crippen LogP contribution in [0.3, 0.4) is 0 Å². The molecule has 20 heavy (non-hydrogen) atoms. The van der Waals surface area contributed by atoms with Crippen LogP contribution in [-0.2, 0) is 0 Å². The summed E-state index contributed by atoms with van der Waals surface area (Å²) in [6.07, 6.45) is 6.91. The molecule has 2 nitrogen and oxygen atoms in total. The molecule has 0 aliphatic heterocycles. The Balaban J connectivity index is 1.85. The molecule has 114 valence electrons. The summed E-state index contributed by atoms with van der Waals surface area (Å²) >= 11 is 1.92. The van der Waals surface area contributed by atoms with Crippen LogP contribution in [0.1, 0.15) is 56.9 Å². The molecule has 0 aromatic carbocycles. The molecule has 2 rings (SSSR count).